The molecule has 0 N–H and O–H groups in total. The lowest BCUT2D eigenvalue weighted by Crippen LogP contribution is -2.47. The predicted octanol–water partition coefficient (Wildman–Crippen LogP) is 2.36. The molecule has 1 aliphatic heterocycles. The summed E-state index contributed by atoms with van der Waals surface area (Å²) in [5.41, 5.74) is 0.591. The first-order valence-corrected chi connectivity index (χ1v) is 9.23. The summed E-state index contributed by atoms with van der Waals surface area (Å²) in [5, 5.41) is 0.436. The van der Waals surface area contributed by atoms with Gasteiger partial charge in [0.05, 0.1) is 11.5 Å². The van der Waals surface area contributed by atoms with E-state index in [0.717, 1.165) is 11.4 Å². The fraction of sp³-hybridized carbons (Fsp3) is 0.714. The van der Waals surface area contributed by atoms with E-state index in [1.807, 2.05) is 39.5 Å². The molecule has 0 aromatic carbocycles. The molecule has 2 rings (SSSR count). The first-order chi connectivity index (χ1) is 9.51. The van der Waals surface area contributed by atoms with Crippen LogP contribution in [0, 0.1) is 6.92 Å². The molecule has 21 heavy (non-hydrogen) atoms. The number of sulfone groups is 1. The molecule has 0 saturated carbocycles. The number of halogens is 1. The molecule has 1 fully saturated rings. The summed E-state index contributed by atoms with van der Waals surface area (Å²) in [6.45, 7) is 10.3. The van der Waals surface area contributed by atoms with Gasteiger partial charge in [-0.05, 0) is 13.8 Å². The highest BCUT2D eigenvalue weighted by Crippen LogP contribution is 2.30. The maximum absolute atomic E-state index is 11.7. The van der Waals surface area contributed by atoms with E-state index in [1.54, 1.807) is 0 Å². The second-order valence-corrected chi connectivity index (χ2v) is 9.28. The molecule has 0 bridgehead atoms. The molecule has 1 saturated heterocycles. The standard InChI is InChI=1S/C14H22ClN3O2S/c1-9-8-21(19,20)7-6-18(9)12-10(2)11(15)16-13(17-12)14(3,4)5/h9H,6-8H2,1-5H3. The van der Waals surface area contributed by atoms with Gasteiger partial charge in [-0.25, -0.2) is 18.4 Å². The van der Waals surface area contributed by atoms with Gasteiger partial charge in [-0.1, -0.05) is 32.4 Å². The number of aromatic nitrogens is 2. The van der Waals surface area contributed by atoms with Crippen LogP contribution < -0.4 is 4.90 Å². The second kappa shape index (κ2) is 5.39. The van der Waals surface area contributed by atoms with Crippen molar-refractivity contribution in [3.63, 3.8) is 0 Å². The van der Waals surface area contributed by atoms with Gasteiger partial charge in [-0.3, -0.25) is 0 Å². The molecule has 118 valence electrons. The smallest absolute Gasteiger partial charge is 0.154 e. The lowest BCUT2D eigenvalue weighted by atomic mass is 9.95. The van der Waals surface area contributed by atoms with Crippen molar-refractivity contribution >= 4 is 27.3 Å². The summed E-state index contributed by atoms with van der Waals surface area (Å²) < 4.78 is 23.5. The molecule has 2 heterocycles. The topological polar surface area (TPSA) is 63.2 Å². The molecule has 0 amide bonds. The number of hydrogen-bond acceptors (Lipinski definition) is 5. The highest BCUT2D eigenvalue weighted by Gasteiger charge is 2.31. The van der Waals surface area contributed by atoms with Gasteiger partial charge in [0, 0.05) is 23.6 Å². The normalized spacial score (nSPS) is 22.4. The number of rotatable bonds is 1. The summed E-state index contributed by atoms with van der Waals surface area (Å²) in [5.74, 6) is 1.73. The van der Waals surface area contributed by atoms with E-state index < -0.39 is 9.84 Å². The van der Waals surface area contributed by atoms with Crippen LogP contribution in [-0.4, -0.2) is 42.5 Å². The van der Waals surface area contributed by atoms with Gasteiger partial charge in [-0.15, -0.1) is 0 Å². The first-order valence-electron chi connectivity index (χ1n) is 7.03. The van der Waals surface area contributed by atoms with E-state index in [2.05, 4.69) is 9.97 Å². The largest absolute Gasteiger partial charge is 0.351 e. The zero-order chi connectivity index (χ0) is 16.0. The number of nitrogens with zero attached hydrogens (tertiary/aromatic N) is 3. The van der Waals surface area contributed by atoms with Gasteiger partial charge in [-0.2, -0.15) is 0 Å². The Kier molecular flexibility index (Phi) is 4.23. The van der Waals surface area contributed by atoms with Gasteiger partial charge in [0.15, 0.2) is 9.84 Å². The van der Waals surface area contributed by atoms with Crippen molar-refractivity contribution in [2.75, 3.05) is 23.0 Å². The van der Waals surface area contributed by atoms with E-state index in [0.29, 0.717) is 17.5 Å². The highest BCUT2D eigenvalue weighted by atomic mass is 35.5. The fourth-order valence-electron chi connectivity index (χ4n) is 2.41. The van der Waals surface area contributed by atoms with Crippen LogP contribution in [0.3, 0.4) is 0 Å². The summed E-state index contributed by atoms with van der Waals surface area (Å²) >= 11 is 6.25. The summed E-state index contributed by atoms with van der Waals surface area (Å²) in [4.78, 5) is 11.1. The second-order valence-electron chi connectivity index (χ2n) is 6.69. The number of hydrogen-bond donors (Lipinski definition) is 0. The third-order valence-electron chi connectivity index (χ3n) is 3.67. The van der Waals surface area contributed by atoms with Gasteiger partial charge >= 0.3 is 0 Å². The minimum atomic E-state index is -2.95. The molecule has 0 aliphatic carbocycles. The van der Waals surface area contributed by atoms with E-state index in [4.69, 9.17) is 11.6 Å². The van der Waals surface area contributed by atoms with Crippen LogP contribution in [0.5, 0.6) is 0 Å². The Bertz CT molecular complexity index is 653. The SMILES string of the molecule is Cc1c(Cl)nc(C(C)(C)C)nc1N1CCS(=O)(=O)CC1C. The Hall–Kier alpha value is -0.880. The molecule has 1 aromatic heterocycles. The van der Waals surface area contributed by atoms with Crippen molar-refractivity contribution in [1.82, 2.24) is 9.97 Å². The van der Waals surface area contributed by atoms with E-state index in [9.17, 15) is 8.42 Å². The van der Waals surface area contributed by atoms with Crippen molar-refractivity contribution in [2.45, 2.75) is 46.1 Å². The van der Waals surface area contributed by atoms with Crippen molar-refractivity contribution in [3.8, 4) is 0 Å². The van der Waals surface area contributed by atoms with Gasteiger partial charge in [0.1, 0.15) is 16.8 Å². The minimum Gasteiger partial charge on any atom is -0.351 e. The van der Waals surface area contributed by atoms with Crippen LogP contribution in [0.4, 0.5) is 5.82 Å². The monoisotopic (exact) mass is 331 g/mol. The molecule has 1 atom stereocenters. The zero-order valence-corrected chi connectivity index (χ0v) is 14.7. The molecular weight excluding hydrogens is 310 g/mol. The lowest BCUT2D eigenvalue weighted by molar-refractivity contribution is 0.537. The van der Waals surface area contributed by atoms with E-state index in [-0.39, 0.29) is 23.0 Å². The van der Waals surface area contributed by atoms with Crippen molar-refractivity contribution in [3.05, 3.63) is 16.5 Å². The van der Waals surface area contributed by atoms with E-state index >= 15 is 0 Å². The van der Waals surface area contributed by atoms with Gasteiger partial charge in [0.25, 0.3) is 0 Å². The van der Waals surface area contributed by atoms with E-state index in [1.165, 1.54) is 0 Å². The lowest BCUT2D eigenvalue weighted by Gasteiger charge is -2.35. The molecule has 7 heteroatoms. The summed E-state index contributed by atoms with van der Waals surface area (Å²) in [6.07, 6.45) is 0. The summed E-state index contributed by atoms with van der Waals surface area (Å²) in [6, 6.07) is -0.110. The Morgan fingerprint density at radius 3 is 2.43 bits per heavy atom. The Labute approximate surface area is 131 Å². The average molecular weight is 332 g/mol. The molecule has 1 aromatic rings. The minimum absolute atomic E-state index is 0.110. The van der Waals surface area contributed by atoms with Crippen LogP contribution >= 0.6 is 11.6 Å². The third kappa shape index (κ3) is 3.48. The van der Waals surface area contributed by atoms with Gasteiger partial charge < -0.3 is 4.90 Å². The average Bonchev–Trinajstić information content (AvgIpc) is 2.31. The summed E-state index contributed by atoms with van der Waals surface area (Å²) in [7, 11) is -2.95. The maximum Gasteiger partial charge on any atom is 0.154 e. The van der Waals surface area contributed by atoms with Crippen molar-refractivity contribution in [2.24, 2.45) is 0 Å². The Balaban J connectivity index is 2.47. The third-order valence-corrected chi connectivity index (χ3v) is 5.84. The van der Waals surface area contributed by atoms with Crippen LogP contribution in [-0.2, 0) is 15.3 Å². The molecular formula is C14H22ClN3O2S. The van der Waals surface area contributed by atoms with Crippen LogP contribution in [0.2, 0.25) is 5.15 Å². The Morgan fingerprint density at radius 1 is 1.29 bits per heavy atom. The van der Waals surface area contributed by atoms with Crippen molar-refractivity contribution < 1.29 is 8.42 Å². The quantitative estimate of drug-likeness (QED) is 0.739. The van der Waals surface area contributed by atoms with Crippen molar-refractivity contribution in [1.29, 1.82) is 0 Å². The molecule has 1 aliphatic rings. The van der Waals surface area contributed by atoms with Crippen LogP contribution in [0.15, 0.2) is 0 Å². The van der Waals surface area contributed by atoms with Gasteiger partial charge in [0.2, 0.25) is 0 Å². The van der Waals surface area contributed by atoms with Crippen LogP contribution in [0.1, 0.15) is 39.1 Å². The fourth-order valence-corrected chi connectivity index (χ4v) is 4.13. The highest BCUT2D eigenvalue weighted by molar-refractivity contribution is 7.91. The maximum atomic E-state index is 11.7. The predicted molar refractivity (Wildman–Crippen MR) is 85.9 cm³/mol. The molecule has 1 unspecified atom stereocenters. The molecule has 0 spiro atoms. The van der Waals surface area contributed by atoms with Crippen LogP contribution in [0.25, 0.3) is 0 Å². The molecule has 0 radical (unpaired) electrons. The first kappa shape index (κ1) is 16.5. The number of anilines is 1. The zero-order valence-electron chi connectivity index (χ0n) is 13.1. The molecule has 5 nitrogen and oxygen atoms in total. The Morgan fingerprint density at radius 2 is 1.90 bits per heavy atom.